The van der Waals surface area contributed by atoms with Crippen LogP contribution < -0.4 is 10.9 Å². The molecule has 1 heterocycles. The van der Waals surface area contributed by atoms with Crippen LogP contribution >= 0.6 is 0 Å². The van der Waals surface area contributed by atoms with Crippen LogP contribution in [-0.2, 0) is 14.9 Å². The Kier molecular flexibility index (Phi) is 6.55. The van der Waals surface area contributed by atoms with Crippen molar-refractivity contribution in [3.05, 3.63) is 42.5 Å². The summed E-state index contributed by atoms with van der Waals surface area (Å²) in [4.78, 5) is 17.7. The number of halogens is 3. The topological polar surface area (TPSA) is 134 Å². The molecule has 0 unspecified atom stereocenters. The summed E-state index contributed by atoms with van der Waals surface area (Å²) in [5, 5.41) is 0. The molecule has 2 rings (SSSR count). The van der Waals surface area contributed by atoms with Crippen molar-refractivity contribution in [3.8, 4) is 0 Å². The van der Waals surface area contributed by atoms with Gasteiger partial charge in [0.25, 0.3) is 10.1 Å². The van der Waals surface area contributed by atoms with Crippen molar-refractivity contribution in [3.63, 3.8) is 0 Å². The lowest BCUT2D eigenvalue weighted by atomic mass is 10.3. The molecular weight excluding hydrogens is 355 g/mol. The Bertz CT molecular complexity index is 766. The maximum Gasteiger partial charge on any atom is 0.316 e. The highest BCUT2D eigenvalue weighted by molar-refractivity contribution is 7.85. The van der Waals surface area contributed by atoms with E-state index in [0.717, 1.165) is 0 Å². The normalized spacial score (nSPS) is 10.4. The van der Waals surface area contributed by atoms with Crippen molar-refractivity contribution in [1.82, 2.24) is 20.4 Å². The van der Waals surface area contributed by atoms with E-state index in [1.807, 2.05) is 0 Å². The van der Waals surface area contributed by atoms with Crippen LogP contribution in [0.25, 0.3) is 0 Å². The van der Waals surface area contributed by atoms with Crippen molar-refractivity contribution in [2.24, 2.45) is 0 Å². The highest BCUT2D eigenvalue weighted by Crippen LogP contribution is 2.12. The number of anilines is 1. The standard InChI is InChI=1S/C8H10N2O4S.C3F3N3/c1-6(11)9-10-7-2-4-8(5-3-7)15(12,13)14;4-1-7-2(5)9-3(6)8-1/h2-5,10H,1H3,(H,9,11)(H,12,13,14);. The summed E-state index contributed by atoms with van der Waals surface area (Å²) in [6.45, 7) is 1.33. The maximum atomic E-state index is 11.7. The second kappa shape index (κ2) is 8.16. The van der Waals surface area contributed by atoms with Gasteiger partial charge < -0.3 is 0 Å². The molecule has 0 aliphatic carbocycles. The molecule has 0 bridgehead atoms. The summed E-state index contributed by atoms with van der Waals surface area (Å²) < 4.78 is 65.1. The Balaban J connectivity index is 0.000000272. The molecule has 0 radical (unpaired) electrons. The third-order valence-corrected chi connectivity index (χ3v) is 2.96. The number of nitrogens with one attached hydrogen (secondary N) is 2. The van der Waals surface area contributed by atoms with E-state index in [1.54, 1.807) is 0 Å². The molecule has 3 N–H and O–H groups in total. The summed E-state index contributed by atoms with van der Waals surface area (Å²) in [6.07, 6.45) is -4.38. The molecule has 13 heteroatoms. The van der Waals surface area contributed by atoms with Gasteiger partial charge in [0.1, 0.15) is 0 Å². The minimum atomic E-state index is -4.17. The van der Waals surface area contributed by atoms with Gasteiger partial charge in [-0.1, -0.05) is 0 Å². The molecule has 0 saturated heterocycles. The third-order valence-electron chi connectivity index (χ3n) is 2.09. The fourth-order valence-corrected chi connectivity index (χ4v) is 1.65. The van der Waals surface area contributed by atoms with E-state index in [9.17, 15) is 26.4 Å². The quantitative estimate of drug-likeness (QED) is 0.534. The Morgan fingerprint density at radius 1 is 1.00 bits per heavy atom. The van der Waals surface area contributed by atoms with Gasteiger partial charge in [0.15, 0.2) is 0 Å². The molecule has 24 heavy (non-hydrogen) atoms. The zero-order valence-corrected chi connectivity index (χ0v) is 12.7. The second-order valence-electron chi connectivity index (χ2n) is 3.95. The molecule has 0 fully saturated rings. The number of carbonyl (C=O) groups is 1. The number of aromatic nitrogens is 3. The van der Waals surface area contributed by atoms with Gasteiger partial charge in [-0.25, -0.2) is 0 Å². The molecule has 0 aliphatic heterocycles. The number of hydrogen-bond acceptors (Lipinski definition) is 7. The Labute approximate surface area is 133 Å². The van der Waals surface area contributed by atoms with Crippen LogP contribution in [0.5, 0.6) is 0 Å². The van der Waals surface area contributed by atoms with E-state index in [4.69, 9.17) is 4.55 Å². The SMILES string of the molecule is CC(=O)NNc1ccc(S(=O)(=O)O)cc1.Fc1nc(F)nc(F)n1. The third kappa shape index (κ3) is 6.97. The van der Waals surface area contributed by atoms with Gasteiger partial charge >= 0.3 is 18.2 Å². The van der Waals surface area contributed by atoms with Crippen LogP contribution in [0.1, 0.15) is 6.92 Å². The largest absolute Gasteiger partial charge is 0.316 e. The summed E-state index contributed by atoms with van der Waals surface area (Å²) in [5.74, 6) is -0.270. The number of nitrogens with zero attached hydrogens (tertiary/aromatic N) is 3. The van der Waals surface area contributed by atoms with E-state index in [0.29, 0.717) is 5.69 Å². The van der Waals surface area contributed by atoms with E-state index in [1.165, 1.54) is 31.2 Å². The van der Waals surface area contributed by atoms with Crippen molar-refractivity contribution in [2.75, 3.05) is 5.43 Å². The van der Waals surface area contributed by atoms with Gasteiger partial charge in [0.05, 0.1) is 10.6 Å². The molecule has 9 nitrogen and oxygen atoms in total. The Hall–Kier alpha value is -2.80. The summed E-state index contributed by atoms with van der Waals surface area (Å²) >= 11 is 0. The predicted molar refractivity (Wildman–Crippen MR) is 73.4 cm³/mol. The van der Waals surface area contributed by atoms with Crippen molar-refractivity contribution in [2.45, 2.75) is 11.8 Å². The molecule has 2 aromatic rings. The minimum Gasteiger partial charge on any atom is -0.299 e. The fourth-order valence-electron chi connectivity index (χ4n) is 1.17. The van der Waals surface area contributed by atoms with Gasteiger partial charge in [0, 0.05) is 6.92 Å². The first kappa shape index (κ1) is 19.2. The number of amides is 1. The first-order valence-corrected chi connectivity index (χ1v) is 7.34. The smallest absolute Gasteiger partial charge is 0.299 e. The van der Waals surface area contributed by atoms with Crippen LogP contribution in [0.3, 0.4) is 0 Å². The number of carbonyl (C=O) groups excluding carboxylic acids is 1. The van der Waals surface area contributed by atoms with Crippen LogP contribution in [0.2, 0.25) is 0 Å². The number of benzene rings is 1. The summed E-state index contributed by atoms with van der Waals surface area (Å²) in [7, 11) is -4.17. The highest BCUT2D eigenvalue weighted by atomic mass is 32.2. The lowest BCUT2D eigenvalue weighted by Gasteiger charge is -2.06. The van der Waals surface area contributed by atoms with E-state index < -0.39 is 28.4 Å². The van der Waals surface area contributed by atoms with Crippen molar-refractivity contribution >= 4 is 21.7 Å². The summed E-state index contributed by atoms with van der Waals surface area (Å²) in [5.41, 5.74) is 5.38. The van der Waals surface area contributed by atoms with E-state index in [2.05, 4.69) is 25.8 Å². The van der Waals surface area contributed by atoms with Crippen LogP contribution in [0.4, 0.5) is 18.9 Å². The molecule has 1 aromatic carbocycles. The second-order valence-corrected chi connectivity index (χ2v) is 5.37. The predicted octanol–water partition coefficient (Wildman–Crippen LogP) is 0.685. The van der Waals surface area contributed by atoms with Gasteiger partial charge in [-0.2, -0.15) is 36.5 Å². The molecule has 0 aliphatic rings. The molecule has 1 aromatic heterocycles. The molecule has 0 spiro atoms. The van der Waals surface area contributed by atoms with Crippen molar-refractivity contribution < 1.29 is 30.9 Å². The lowest BCUT2D eigenvalue weighted by molar-refractivity contribution is -0.118. The van der Waals surface area contributed by atoms with Crippen molar-refractivity contribution in [1.29, 1.82) is 0 Å². The van der Waals surface area contributed by atoms with E-state index in [-0.39, 0.29) is 10.8 Å². The van der Waals surface area contributed by atoms with Gasteiger partial charge in [0.2, 0.25) is 5.91 Å². The zero-order chi connectivity index (χ0) is 18.3. The molecular formula is C11H10F3N5O4S. The van der Waals surface area contributed by atoms with Crippen LogP contribution in [-0.4, -0.2) is 33.8 Å². The van der Waals surface area contributed by atoms with E-state index >= 15 is 0 Å². The van der Waals surface area contributed by atoms with Crippen LogP contribution in [0, 0.1) is 18.2 Å². The number of hydrazine groups is 1. The first-order valence-electron chi connectivity index (χ1n) is 5.90. The molecule has 0 atom stereocenters. The highest BCUT2D eigenvalue weighted by Gasteiger charge is 2.08. The maximum absolute atomic E-state index is 11.7. The van der Waals surface area contributed by atoms with Crippen LogP contribution in [0.15, 0.2) is 29.2 Å². The lowest BCUT2D eigenvalue weighted by Crippen LogP contribution is -2.26. The molecule has 1 amide bonds. The Morgan fingerprint density at radius 3 is 1.75 bits per heavy atom. The minimum absolute atomic E-state index is 0.198. The number of rotatable bonds is 3. The number of hydrogen-bond donors (Lipinski definition) is 3. The molecule has 130 valence electrons. The fraction of sp³-hybridized carbons (Fsp3) is 0.0909. The summed E-state index contributed by atoms with van der Waals surface area (Å²) in [6, 6.07) is 5.27. The monoisotopic (exact) mass is 365 g/mol. The first-order chi connectivity index (χ1) is 11.1. The van der Waals surface area contributed by atoms with Gasteiger partial charge in [-0.3, -0.25) is 20.2 Å². The zero-order valence-electron chi connectivity index (χ0n) is 11.9. The Morgan fingerprint density at radius 2 is 1.42 bits per heavy atom. The average Bonchev–Trinajstić information content (AvgIpc) is 2.43. The van der Waals surface area contributed by atoms with Gasteiger partial charge in [-0.05, 0) is 24.3 Å². The molecule has 0 saturated carbocycles. The average molecular weight is 365 g/mol. The van der Waals surface area contributed by atoms with Gasteiger partial charge in [-0.15, -0.1) is 0 Å².